The predicted molar refractivity (Wildman–Crippen MR) is 68.0 cm³/mol. The minimum atomic E-state index is -1.19. The van der Waals surface area contributed by atoms with Crippen LogP contribution in [0.2, 0.25) is 5.02 Å². The summed E-state index contributed by atoms with van der Waals surface area (Å²) < 4.78 is 5.31. The zero-order valence-electron chi connectivity index (χ0n) is 8.96. The summed E-state index contributed by atoms with van der Waals surface area (Å²) in [5, 5.41) is 8.96. The first kappa shape index (κ1) is 12.9. The summed E-state index contributed by atoms with van der Waals surface area (Å²) in [5.74, 6) is -2.35. The molecule has 0 amide bonds. The van der Waals surface area contributed by atoms with Gasteiger partial charge in [-0.3, -0.25) is 9.59 Å². The van der Waals surface area contributed by atoms with Crippen molar-refractivity contribution in [1.82, 2.24) is 4.98 Å². The van der Waals surface area contributed by atoms with E-state index in [1.165, 1.54) is 6.07 Å². The zero-order valence-corrected chi connectivity index (χ0v) is 10.6. The highest BCUT2D eigenvalue weighted by atomic mass is 35.5. The summed E-state index contributed by atoms with van der Waals surface area (Å²) in [5.41, 5.74) is 0.877. The highest BCUT2D eigenvalue weighted by molar-refractivity contribution is 7.96. The lowest BCUT2D eigenvalue weighted by Crippen LogP contribution is -2.14. The standard InChI is InChI=1S/C11H8ClNO4S/c12-5-1-2-7-8(3-5)17-10(13-7)6(11(15)16)4-9(14)18/h1-3,6H,4H2,(H,14,18)(H,15,16). The molecular formula is C11H8ClNO4S. The highest BCUT2D eigenvalue weighted by Gasteiger charge is 2.27. The Kier molecular flexibility index (Phi) is 3.58. The van der Waals surface area contributed by atoms with E-state index in [0.717, 1.165) is 0 Å². The van der Waals surface area contributed by atoms with Crippen molar-refractivity contribution in [2.24, 2.45) is 0 Å². The molecule has 7 heteroatoms. The van der Waals surface area contributed by atoms with Crippen molar-refractivity contribution in [2.45, 2.75) is 12.3 Å². The Morgan fingerprint density at radius 3 is 2.83 bits per heavy atom. The topological polar surface area (TPSA) is 80.4 Å². The average Bonchev–Trinajstić information content (AvgIpc) is 2.67. The molecule has 0 aliphatic rings. The summed E-state index contributed by atoms with van der Waals surface area (Å²) in [7, 11) is 0. The first-order valence-electron chi connectivity index (χ1n) is 4.98. The molecule has 1 unspecified atom stereocenters. The number of nitrogens with zero attached hydrogens (tertiary/aromatic N) is 1. The molecule has 1 atom stereocenters. The van der Waals surface area contributed by atoms with Gasteiger partial charge >= 0.3 is 5.97 Å². The van der Waals surface area contributed by atoms with E-state index >= 15 is 0 Å². The second-order valence-electron chi connectivity index (χ2n) is 3.65. The summed E-state index contributed by atoms with van der Waals surface area (Å²) in [6, 6.07) is 4.77. The highest BCUT2D eigenvalue weighted by Crippen LogP contribution is 2.26. The Labute approximate surface area is 112 Å². The molecule has 0 radical (unpaired) electrons. The van der Waals surface area contributed by atoms with E-state index in [-0.39, 0.29) is 12.3 Å². The third-order valence-electron chi connectivity index (χ3n) is 2.34. The van der Waals surface area contributed by atoms with Crippen molar-refractivity contribution in [3.05, 3.63) is 29.1 Å². The molecule has 0 aliphatic carbocycles. The van der Waals surface area contributed by atoms with Crippen LogP contribution in [0.4, 0.5) is 0 Å². The van der Waals surface area contributed by atoms with Gasteiger partial charge in [0.25, 0.3) is 0 Å². The van der Waals surface area contributed by atoms with E-state index in [1.54, 1.807) is 12.1 Å². The molecule has 18 heavy (non-hydrogen) atoms. The van der Waals surface area contributed by atoms with Crippen molar-refractivity contribution >= 4 is 46.4 Å². The zero-order chi connectivity index (χ0) is 13.3. The molecule has 0 fully saturated rings. The number of aliphatic carboxylic acids is 1. The molecule has 0 bridgehead atoms. The van der Waals surface area contributed by atoms with Gasteiger partial charge in [-0.05, 0) is 12.1 Å². The number of fused-ring (bicyclic) bond motifs is 1. The van der Waals surface area contributed by atoms with Gasteiger partial charge in [0.05, 0.1) is 0 Å². The van der Waals surface area contributed by atoms with Crippen LogP contribution in [0, 0.1) is 0 Å². The molecule has 0 saturated heterocycles. The van der Waals surface area contributed by atoms with Crippen LogP contribution >= 0.6 is 24.2 Å². The van der Waals surface area contributed by atoms with Crippen LogP contribution in [0.25, 0.3) is 11.1 Å². The fourth-order valence-corrected chi connectivity index (χ4v) is 1.86. The Balaban J connectivity index is 2.44. The van der Waals surface area contributed by atoms with E-state index in [0.29, 0.717) is 16.1 Å². The molecule has 1 aromatic heterocycles. The SMILES string of the molecule is O=C(S)CC(C(=O)O)c1nc2ccc(Cl)cc2o1. The molecule has 0 saturated carbocycles. The molecule has 1 N–H and O–H groups in total. The average molecular weight is 286 g/mol. The van der Waals surface area contributed by atoms with Gasteiger partial charge in [-0.25, -0.2) is 4.98 Å². The van der Waals surface area contributed by atoms with Gasteiger partial charge in [0.2, 0.25) is 5.89 Å². The Morgan fingerprint density at radius 1 is 1.50 bits per heavy atom. The van der Waals surface area contributed by atoms with Crippen LogP contribution in [-0.2, 0) is 9.59 Å². The molecule has 0 aliphatic heterocycles. The number of carboxylic acids is 1. The maximum atomic E-state index is 11.1. The van der Waals surface area contributed by atoms with Crippen molar-refractivity contribution in [1.29, 1.82) is 0 Å². The first-order chi connectivity index (χ1) is 8.47. The van der Waals surface area contributed by atoms with E-state index in [4.69, 9.17) is 21.1 Å². The number of thiol groups is 1. The van der Waals surface area contributed by atoms with Gasteiger partial charge < -0.3 is 9.52 Å². The Morgan fingerprint density at radius 2 is 2.22 bits per heavy atom. The molecule has 94 valence electrons. The molecule has 5 nitrogen and oxygen atoms in total. The van der Waals surface area contributed by atoms with Crippen molar-refractivity contribution in [3.8, 4) is 0 Å². The second kappa shape index (κ2) is 4.99. The number of hydrogen-bond acceptors (Lipinski definition) is 4. The summed E-state index contributed by atoms with van der Waals surface area (Å²) in [4.78, 5) is 26.0. The largest absolute Gasteiger partial charge is 0.481 e. The molecule has 2 rings (SSSR count). The van der Waals surface area contributed by atoms with E-state index < -0.39 is 17.0 Å². The van der Waals surface area contributed by atoms with Gasteiger partial charge in [-0.15, -0.1) is 12.6 Å². The summed E-state index contributed by atoms with van der Waals surface area (Å²) in [6.45, 7) is 0. The van der Waals surface area contributed by atoms with Crippen LogP contribution in [0.3, 0.4) is 0 Å². The minimum absolute atomic E-state index is 0.0258. The third kappa shape index (κ3) is 2.65. The second-order valence-corrected chi connectivity index (χ2v) is 4.59. The number of halogens is 1. The van der Waals surface area contributed by atoms with Gasteiger partial charge in [-0.1, -0.05) is 11.6 Å². The summed E-state index contributed by atoms with van der Waals surface area (Å²) in [6.07, 6.45) is -0.279. The van der Waals surface area contributed by atoms with Gasteiger partial charge in [0.15, 0.2) is 10.7 Å². The van der Waals surface area contributed by atoms with E-state index in [2.05, 4.69) is 17.6 Å². The van der Waals surface area contributed by atoms with E-state index in [1.807, 2.05) is 0 Å². The number of carbonyl (C=O) groups excluding carboxylic acids is 1. The quantitative estimate of drug-likeness (QED) is 0.844. The van der Waals surface area contributed by atoms with Crippen LogP contribution in [0.5, 0.6) is 0 Å². The van der Waals surface area contributed by atoms with Gasteiger partial charge in [0.1, 0.15) is 11.4 Å². The predicted octanol–water partition coefficient (Wildman–Crippen LogP) is 2.50. The first-order valence-corrected chi connectivity index (χ1v) is 5.80. The maximum absolute atomic E-state index is 11.1. The number of benzene rings is 1. The number of carbonyl (C=O) groups is 2. The fourth-order valence-electron chi connectivity index (χ4n) is 1.52. The summed E-state index contributed by atoms with van der Waals surface area (Å²) >= 11 is 9.35. The number of carboxylic acid groups (broad SMARTS) is 1. The van der Waals surface area contributed by atoms with Crippen molar-refractivity contribution < 1.29 is 19.1 Å². The maximum Gasteiger partial charge on any atom is 0.316 e. The minimum Gasteiger partial charge on any atom is -0.481 e. The Bertz CT molecular complexity index is 625. The van der Waals surface area contributed by atoms with Gasteiger partial charge in [-0.2, -0.15) is 0 Å². The molecule has 1 aromatic carbocycles. The van der Waals surface area contributed by atoms with Gasteiger partial charge in [0, 0.05) is 17.5 Å². The van der Waals surface area contributed by atoms with Crippen LogP contribution in [0.15, 0.2) is 22.6 Å². The lowest BCUT2D eigenvalue weighted by molar-refractivity contribution is -0.140. The van der Waals surface area contributed by atoms with Crippen molar-refractivity contribution in [2.75, 3.05) is 0 Å². The number of hydrogen-bond donors (Lipinski definition) is 2. The smallest absolute Gasteiger partial charge is 0.316 e. The number of aromatic nitrogens is 1. The van der Waals surface area contributed by atoms with Crippen LogP contribution in [-0.4, -0.2) is 21.2 Å². The van der Waals surface area contributed by atoms with Crippen LogP contribution in [0.1, 0.15) is 18.2 Å². The monoisotopic (exact) mass is 285 g/mol. The third-order valence-corrected chi connectivity index (χ3v) is 2.76. The molecule has 1 heterocycles. The molecule has 0 spiro atoms. The normalized spacial score (nSPS) is 12.6. The van der Waals surface area contributed by atoms with Crippen LogP contribution < -0.4 is 0 Å². The lowest BCUT2D eigenvalue weighted by atomic mass is 10.1. The van der Waals surface area contributed by atoms with Crippen molar-refractivity contribution in [3.63, 3.8) is 0 Å². The molecular weight excluding hydrogens is 278 g/mol. The number of rotatable bonds is 4. The lowest BCUT2D eigenvalue weighted by Gasteiger charge is -2.04. The van der Waals surface area contributed by atoms with E-state index in [9.17, 15) is 9.59 Å². The fraction of sp³-hybridized carbons (Fsp3) is 0.182. The number of oxazole rings is 1. The molecule has 2 aromatic rings. The Hall–Kier alpha value is -1.53.